The standard InChI is InChI=1S/C22H34BrN5O2/c1-13-16-8-15(22(16,2)3)9-17(13)27-18-11-26-28(21(30)20(18)23)12-19(29)25-10-14-4-6-24-7-5-14/h11,13-17,24,27H,4-10,12H2,1-3H3,(H,25,29)/t13-,15+,16+,17+/m0/s1. The summed E-state index contributed by atoms with van der Waals surface area (Å²) in [5.74, 6) is 2.36. The van der Waals surface area contributed by atoms with Crippen molar-refractivity contribution in [2.75, 3.05) is 25.0 Å². The zero-order valence-electron chi connectivity index (χ0n) is 18.2. The van der Waals surface area contributed by atoms with Crippen LogP contribution in [0.4, 0.5) is 5.69 Å². The van der Waals surface area contributed by atoms with E-state index in [0.717, 1.165) is 49.9 Å². The maximum atomic E-state index is 12.8. The van der Waals surface area contributed by atoms with Gasteiger partial charge in [-0.15, -0.1) is 0 Å². The molecule has 3 N–H and O–H groups in total. The molecule has 3 aliphatic carbocycles. The number of nitrogens with one attached hydrogen (secondary N) is 3. The number of carbonyl (C=O) groups is 1. The third kappa shape index (κ3) is 4.17. The minimum atomic E-state index is -0.272. The Morgan fingerprint density at radius 1 is 1.33 bits per heavy atom. The van der Waals surface area contributed by atoms with E-state index in [0.29, 0.717) is 34.3 Å². The highest BCUT2D eigenvalue weighted by atomic mass is 79.9. The number of hydrogen-bond donors (Lipinski definition) is 3. The fourth-order valence-corrected chi connectivity index (χ4v) is 6.18. The van der Waals surface area contributed by atoms with Gasteiger partial charge in [0, 0.05) is 12.6 Å². The van der Waals surface area contributed by atoms with Crippen LogP contribution in [-0.4, -0.2) is 41.4 Å². The van der Waals surface area contributed by atoms with Gasteiger partial charge in [0.15, 0.2) is 0 Å². The van der Waals surface area contributed by atoms with Crippen molar-refractivity contribution in [2.24, 2.45) is 29.1 Å². The number of aromatic nitrogens is 2. The molecule has 1 aliphatic heterocycles. The number of amides is 1. The predicted molar refractivity (Wildman–Crippen MR) is 121 cm³/mol. The number of rotatable bonds is 6. The van der Waals surface area contributed by atoms with Crippen molar-refractivity contribution < 1.29 is 4.79 Å². The Labute approximate surface area is 186 Å². The summed E-state index contributed by atoms with van der Waals surface area (Å²) in [5, 5.41) is 14.1. The number of carbonyl (C=O) groups excluding carboxylic acids is 1. The van der Waals surface area contributed by atoms with E-state index in [1.165, 1.54) is 11.1 Å². The van der Waals surface area contributed by atoms with Gasteiger partial charge in [0.05, 0.1) is 11.9 Å². The van der Waals surface area contributed by atoms with Gasteiger partial charge in [-0.05, 0) is 83.8 Å². The van der Waals surface area contributed by atoms with Gasteiger partial charge in [-0.25, -0.2) is 4.68 Å². The van der Waals surface area contributed by atoms with Crippen molar-refractivity contribution in [2.45, 2.75) is 59.0 Å². The highest BCUT2D eigenvalue weighted by Crippen LogP contribution is 2.61. The molecule has 3 saturated carbocycles. The topological polar surface area (TPSA) is 88.1 Å². The third-order valence-electron chi connectivity index (χ3n) is 8.02. The highest BCUT2D eigenvalue weighted by molar-refractivity contribution is 9.10. The molecule has 4 aliphatic rings. The maximum Gasteiger partial charge on any atom is 0.283 e. The van der Waals surface area contributed by atoms with Crippen molar-refractivity contribution in [1.82, 2.24) is 20.4 Å². The summed E-state index contributed by atoms with van der Waals surface area (Å²) >= 11 is 3.44. The number of piperidine rings is 1. The average Bonchev–Trinajstić information content (AvgIpc) is 2.73. The lowest BCUT2D eigenvalue weighted by molar-refractivity contribution is -0.122. The van der Waals surface area contributed by atoms with Crippen molar-refractivity contribution in [1.29, 1.82) is 0 Å². The second kappa shape index (κ2) is 8.61. The molecule has 1 aromatic heterocycles. The van der Waals surface area contributed by atoms with Crippen molar-refractivity contribution in [3.05, 3.63) is 21.0 Å². The molecule has 2 heterocycles. The first-order valence-corrected chi connectivity index (χ1v) is 12.1. The SMILES string of the molecule is C[C@H]1[C@H]2C[C@H](C[C@H]1Nc1cnn(CC(=O)NCC3CCNCC3)c(=O)c1Br)C2(C)C. The van der Waals surface area contributed by atoms with Crippen molar-refractivity contribution >= 4 is 27.5 Å². The number of hydrogen-bond acceptors (Lipinski definition) is 5. The summed E-state index contributed by atoms with van der Waals surface area (Å²) in [6, 6.07) is 0.350. The van der Waals surface area contributed by atoms with Crippen LogP contribution in [0.1, 0.15) is 46.5 Å². The highest BCUT2D eigenvalue weighted by Gasteiger charge is 2.56. The molecule has 1 saturated heterocycles. The predicted octanol–water partition coefficient (Wildman–Crippen LogP) is 2.60. The van der Waals surface area contributed by atoms with Gasteiger partial charge < -0.3 is 16.0 Å². The second-order valence-corrected chi connectivity index (χ2v) is 10.8. The minimum Gasteiger partial charge on any atom is -0.380 e. The molecule has 30 heavy (non-hydrogen) atoms. The van der Waals surface area contributed by atoms with Crippen LogP contribution in [0.5, 0.6) is 0 Å². The normalized spacial score (nSPS) is 30.4. The number of anilines is 1. The van der Waals surface area contributed by atoms with E-state index < -0.39 is 0 Å². The Bertz CT molecular complexity index is 848. The summed E-state index contributed by atoms with van der Waals surface area (Å²) in [7, 11) is 0. The van der Waals surface area contributed by atoms with E-state index in [4.69, 9.17) is 0 Å². The molecule has 0 aromatic carbocycles. The Morgan fingerprint density at radius 2 is 2.07 bits per heavy atom. The summed E-state index contributed by atoms with van der Waals surface area (Å²) < 4.78 is 1.69. The number of fused-ring (bicyclic) bond motifs is 2. The summed E-state index contributed by atoms with van der Waals surface area (Å²) in [5.41, 5.74) is 0.881. The van der Waals surface area contributed by atoms with Crippen molar-refractivity contribution in [3.63, 3.8) is 0 Å². The van der Waals surface area contributed by atoms with E-state index in [-0.39, 0.29) is 18.0 Å². The van der Waals surface area contributed by atoms with Gasteiger partial charge in [0.1, 0.15) is 11.0 Å². The van der Waals surface area contributed by atoms with Crippen LogP contribution in [0.3, 0.4) is 0 Å². The first-order chi connectivity index (χ1) is 14.3. The molecule has 2 bridgehead atoms. The van der Waals surface area contributed by atoms with E-state index in [2.05, 4.69) is 57.8 Å². The first-order valence-electron chi connectivity index (χ1n) is 11.3. The molecule has 1 amide bonds. The van der Waals surface area contributed by atoms with Gasteiger partial charge in [0.2, 0.25) is 5.91 Å². The van der Waals surface area contributed by atoms with E-state index >= 15 is 0 Å². The van der Waals surface area contributed by atoms with Gasteiger partial charge >= 0.3 is 0 Å². The maximum absolute atomic E-state index is 12.8. The van der Waals surface area contributed by atoms with E-state index in [9.17, 15) is 9.59 Å². The number of halogens is 1. The first kappa shape index (κ1) is 21.8. The average molecular weight is 480 g/mol. The molecule has 0 spiro atoms. The van der Waals surface area contributed by atoms with Crippen LogP contribution >= 0.6 is 15.9 Å². The Hall–Kier alpha value is -1.41. The quantitative estimate of drug-likeness (QED) is 0.583. The lowest BCUT2D eigenvalue weighted by atomic mass is 9.45. The fourth-order valence-electron chi connectivity index (χ4n) is 5.75. The molecule has 1 aromatic rings. The van der Waals surface area contributed by atoms with Crippen LogP contribution in [0.2, 0.25) is 0 Å². The largest absolute Gasteiger partial charge is 0.380 e. The molecule has 0 radical (unpaired) electrons. The Balaban J connectivity index is 1.35. The van der Waals surface area contributed by atoms with E-state index in [1.54, 1.807) is 6.20 Å². The lowest BCUT2D eigenvalue weighted by Crippen LogP contribution is -2.58. The van der Waals surface area contributed by atoms with Gasteiger partial charge in [-0.3, -0.25) is 9.59 Å². The van der Waals surface area contributed by atoms with Crippen LogP contribution in [-0.2, 0) is 11.3 Å². The molecule has 7 nitrogen and oxygen atoms in total. The smallest absolute Gasteiger partial charge is 0.283 e. The molecule has 0 unspecified atom stereocenters. The molecule has 5 rings (SSSR count). The molecule has 8 heteroatoms. The second-order valence-electron chi connectivity index (χ2n) is 10.0. The van der Waals surface area contributed by atoms with E-state index in [1.807, 2.05) is 0 Å². The third-order valence-corrected chi connectivity index (χ3v) is 8.79. The molecule has 166 valence electrons. The monoisotopic (exact) mass is 479 g/mol. The zero-order valence-corrected chi connectivity index (χ0v) is 19.8. The molecule has 4 atom stereocenters. The van der Waals surface area contributed by atoms with Gasteiger partial charge in [-0.2, -0.15) is 5.10 Å². The van der Waals surface area contributed by atoms with Crippen LogP contribution in [0.15, 0.2) is 15.5 Å². The minimum absolute atomic E-state index is 0.0547. The molecule has 4 fully saturated rings. The fraction of sp³-hybridized carbons (Fsp3) is 0.773. The Kier molecular flexibility index (Phi) is 6.26. The molecular formula is C22H34BrN5O2. The summed E-state index contributed by atoms with van der Waals surface area (Å²) in [6.45, 7) is 9.69. The zero-order chi connectivity index (χ0) is 21.5. The molecular weight excluding hydrogens is 446 g/mol. The van der Waals surface area contributed by atoms with Crippen LogP contribution < -0.4 is 21.5 Å². The number of nitrogens with zero attached hydrogens (tertiary/aromatic N) is 2. The van der Waals surface area contributed by atoms with Crippen molar-refractivity contribution in [3.8, 4) is 0 Å². The lowest BCUT2D eigenvalue weighted by Gasteiger charge is -2.62. The van der Waals surface area contributed by atoms with Gasteiger partial charge in [0.25, 0.3) is 5.56 Å². The summed E-state index contributed by atoms with van der Waals surface area (Å²) in [6.07, 6.45) is 6.26. The van der Waals surface area contributed by atoms with Crippen LogP contribution in [0.25, 0.3) is 0 Å². The Morgan fingerprint density at radius 3 is 2.73 bits per heavy atom. The van der Waals surface area contributed by atoms with Gasteiger partial charge in [-0.1, -0.05) is 20.8 Å². The van der Waals surface area contributed by atoms with Crippen LogP contribution in [0, 0.1) is 29.1 Å². The summed E-state index contributed by atoms with van der Waals surface area (Å²) in [4.78, 5) is 25.1.